The molecule has 1 aliphatic rings. The third-order valence-electron chi connectivity index (χ3n) is 3.99. The Labute approximate surface area is 110 Å². The minimum Gasteiger partial charge on any atom is -0.394 e. The molecule has 1 aromatic rings. The lowest BCUT2D eigenvalue weighted by molar-refractivity contribution is 0.237. The fraction of sp³-hybridized carbons (Fsp3) is 0.625. The van der Waals surface area contributed by atoms with Gasteiger partial charge in [-0.25, -0.2) is 0 Å². The van der Waals surface area contributed by atoms with Crippen LogP contribution in [0.2, 0.25) is 0 Å². The van der Waals surface area contributed by atoms with Crippen molar-refractivity contribution >= 4 is 5.69 Å². The first-order chi connectivity index (χ1) is 8.78. The highest BCUT2D eigenvalue weighted by atomic mass is 16.3. The maximum atomic E-state index is 9.51. The van der Waals surface area contributed by atoms with Gasteiger partial charge < -0.3 is 10.4 Å². The number of hydrogen-bond donors (Lipinski definition) is 2. The summed E-state index contributed by atoms with van der Waals surface area (Å²) in [4.78, 5) is 0. The summed E-state index contributed by atoms with van der Waals surface area (Å²) < 4.78 is 0. The van der Waals surface area contributed by atoms with Crippen LogP contribution in [0.25, 0.3) is 0 Å². The molecule has 0 spiro atoms. The number of rotatable bonds is 5. The third-order valence-corrected chi connectivity index (χ3v) is 3.99. The van der Waals surface area contributed by atoms with E-state index < -0.39 is 0 Å². The zero-order chi connectivity index (χ0) is 12.8. The molecule has 1 saturated carbocycles. The average Bonchev–Trinajstić information content (AvgIpc) is 2.41. The van der Waals surface area contributed by atoms with Gasteiger partial charge in [0.25, 0.3) is 0 Å². The van der Waals surface area contributed by atoms with E-state index in [9.17, 15) is 5.11 Å². The van der Waals surface area contributed by atoms with Crippen molar-refractivity contribution in [1.29, 1.82) is 0 Å². The number of aliphatic hydroxyl groups excluding tert-OH is 1. The van der Waals surface area contributed by atoms with Crippen LogP contribution in [-0.4, -0.2) is 17.8 Å². The van der Waals surface area contributed by atoms with Crippen molar-refractivity contribution in [1.82, 2.24) is 0 Å². The summed E-state index contributed by atoms with van der Waals surface area (Å²) >= 11 is 0. The van der Waals surface area contributed by atoms with Gasteiger partial charge in [0.15, 0.2) is 0 Å². The second kappa shape index (κ2) is 6.79. The molecule has 0 bridgehead atoms. The van der Waals surface area contributed by atoms with Crippen LogP contribution in [-0.2, 0) is 0 Å². The SMILES string of the molecule is Cc1ccc(NC(CO)CC2CCCCC2)cc1. The van der Waals surface area contributed by atoms with E-state index in [1.165, 1.54) is 37.7 Å². The van der Waals surface area contributed by atoms with E-state index in [2.05, 4.69) is 36.5 Å². The molecular weight excluding hydrogens is 222 g/mol. The molecule has 1 atom stereocenters. The van der Waals surface area contributed by atoms with E-state index >= 15 is 0 Å². The van der Waals surface area contributed by atoms with Crippen LogP contribution in [0.5, 0.6) is 0 Å². The van der Waals surface area contributed by atoms with E-state index in [0.717, 1.165) is 18.0 Å². The average molecular weight is 247 g/mol. The lowest BCUT2D eigenvalue weighted by Gasteiger charge is -2.26. The maximum absolute atomic E-state index is 9.51. The molecule has 2 rings (SSSR count). The largest absolute Gasteiger partial charge is 0.394 e. The zero-order valence-electron chi connectivity index (χ0n) is 11.4. The number of nitrogens with one attached hydrogen (secondary N) is 1. The molecule has 0 saturated heterocycles. The molecule has 100 valence electrons. The highest BCUT2D eigenvalue weighted by Gasteiger charge is 2.18. The predicted octanol–water partition coefficient (Wildman–Crippen LogP) is 3.74. The molecule has 2 nitrogen and oxygen atoms in total. The molecule has 0 heterocycles. The Balaban J connectivity index is 1.86. The molecule has 0 radical (unpaired) electrons. The van der Waals surface area contributed by atoms with Crippen molar-refractivity contribution in [3.8, 4) is 0 Å². The van der Waals surface area contributed by atoms with Crippen LogP contribution >= 0.6 is 0 Å². The van der Waals surface area contributed by atoms with Crippen LogP contribution < -0.4 is 5.32 Å². The molecule has 2 heteroatoms. The van der Waals surface area contributed by atoms with Gasteiger partial charge in [-0.15, -0.1) is 0 Å². The number of benzene rings is 1. The smallest absolute Gasteiger partial charge is 0.0632 e. The monoisotopic (exact) mass is 247 g/mol. The summed E-state index contributed by atoms with van der Waals surface area (Å²) in [7, 11) is 0. The van der Waals surface area contributed by atoms with Gasteiger partial charge in [0, 0.05) is 11.7 Å². The summed E-state index contributed by atoms with van der Waals surface area (Å²) in [6.45, 7) is 2.32. The van der Waals surface area contributed by atoms with Gasteiger partial charge in [-0.05, 0) is 31.4 Å². The van der Waals surface area contributed by atoms with Crippen LogP contribution in [0.1, 0.15) is 44.1 Å². The normalized spacial score (nSPS) is 18.6. The molecule has 1 aromatic carbocycles. The molecule has 1 unspecified atom stereocenters. The summed E-state index contributed by atoms with van der Waals surface area (Å²) in [5.74, 6) is 0.800. The van der Waals surface area contributed by atoms with Gasteiger partial charge in [0.1, 0.15) is 0 Å². The zero-order valence-corrected chi connectivity index (χ0v) is 11.4. The second-order valence-electron chi connectivity index (χ2n) is 5.63. The predicted molar refractivity (Wildman–Crippen MR) is 76.9 cm³/mol. The first kappa shape index (κ1) is 13.4. The summed E-state index contributed by atoms with van der Waals surface area (Å²) in [6, 6.07) is 8.61. The Hall–Kier alpha value is -1.02. The summed E-state index contributed by atoms with van der Waals surface area (Å²) in [5, 5.41) is 13.0. The van der Waals surface area contributed by atoms with Crippen LogP contribution in [0, 0.1) is 12.8 Å². The van der Waals surface area contributed by atoms with E-state index in [4.69, 9.17) is 0 Å². The van der Waals surface area contributed by atoms with E-state index in [0.29, 0.717) is 0 Å². The molecule has 0 amide bonds. The fourth-order valence-corrected chi connectivity index (χ4v) is 2.89. The highest BCUT2D eigenvalue weighted by molar-refractivity contribution is 5.45. The quantitative estimate of drug-likeness (QED) is 0.830. The van der Waals surface area contributed by atoms with Gasteiger partial charge in [-0.3, -0.25) is 0 Å². The van der Waals surface area contributed by atoms with Crippen molar-refractivity contribution in [2.75, 3.05) is 11.9 Å². The topological polar surface area (TPSA) is 32.3 Å². The fourth-order valence-electron chi connectivity index (χ4n) is 2.89. The molecular formula is C16H25NO. The Morgan fingerprint density at radius 3 is 2.44 bits per heavy atom. The number of anilines is 1. The van der Waals surface area contributed by atoms with Crippen LogP contribution in [0.3, 0.4) is 0 Å². The van der Waals surface area contributed by atoms with Crippen molar-refractivity contribution in [3.63, 3.8) is 0 Å². The van der Waals surface area contributed by atoms with Crippen molar-refractivity contribution in [3.05, 3.63) is 29.8 Å². The minimum absolute atomic E-state index is 0.204. The minimum atomic E-state index is 0.204. The molecule has 1 aliphatic carbocycles. The van der Waals surface area contributed by atoms with Crippen LogP contribution in [0.15, 0.2) is 24.3 Å². The van der Waals surface area contributed by atoms with Gasteiger partial charge in [-0.2, -0.15) is 0 Å². The lowest BCUT2D eigenvalue weighted by Crippen LogP contribution is -2.27. The second-order valence-corrected chi connectivity index (χ2v) is 5.63. The summed E-state index contributed by atoms with van der Waals surface area (Å²) in [5.41, 5.74) is 2.39. The first-order valence-electron chi connectivity index (χ1n) is 7.22. The van der Waals surface area contributed by atoms with Crippen LogP contribution in [0.4, 0.5) is 5.69 Å². The van der Waals surface area contributed by atoms with Gasteiger partial charge in [0.2, 0.25) is 0 Å². The van der Waals surface area contributed by atoms with E-state index in [-0.39, 0.29) is 12.6 Å². The third kappa shape index (κ3) is 4.02. The van der Waals surface area contributed by atoms with Crippen molar-refractivity contribution < 1.29 is 5.11 Å². The van der Waals surface area contributed by atoms with Crippen molar-refractivity contribution in [2.45, 2.75) is 51.5 Å². The van der Waals surface area contributed by atoms with E-state index in [1.807, 2.05) is 0 Å². The number of hydrogen-bond acceptors (Lipinski definition) is 2. The van der Waals surface area contributed by atoms with Gasteiger partial charge in [-0.1, -0.05) is 49.8 Å². The van der Waals surface area contributed by atoms with Gasteiger partial charge in [0.05, 0.1) is 6.61 Å². The standard InChI is InChI=1S/C16H25NO/c1-13-7-9-15(10-8-13)17-16(12-18)11-14-5-3-2-4-6-14/h7-10,14,16-18H,2-6,11-12H2,1H3. The Bertz CT molecular complexity index is 341. The Kier molecular flexibility index (Phi) is 5.06. The van der Waals surface area contributed by atoms with Gasteiger partial charge >= 0.3 is 0 Å². The summed E-state index contributed by atoms with van der Waals surface area (Å²) in [6.07, 6.45) is 7.91. The maximum Gasteiger partial charge on any atom is 0.0632 e. The molecule has 0 aromatic heterocycles. The molecule has 18 heavy (non-hydrogen) atoms. The number of aliphatic hydroxyl groups is 1. The molecule has 0 aliphatic heterocycles. The Morgan fingerprint density at radius 2 is 1.83 bits per heavy atom. The van der Waals surface area contributed by atoms with Crippen molar-refractivity contribution in [2.24, 2.45) is 5.92 Å². The molecule has 1 fully saturated rings. The number of aryl methyl sites for hydroxylation is 1. The molecule has 2 N–H and O–H groups in total. The lowest BCUT2D eigenvalue weighted by atomic mass is 9.85. The first-order valence-corrected chi connectivity index (χ1v) is 7.22. The highest BCUT2D eigenvalue weighted by Crippen LogP contribution is 2.28. The Morgan fingerprint density at radius 1 is 1.17 bits per heavy atom. The van der Waals surface area contributed by atoms with E-state index in [1.54, 1.807) is 0 Å².